The molecule has 2 aromatic rings. The van der Waals surface area contributed by atoms with Crippen molar-refractivity contribution in [3.8, 4) is 0 Å². The number of rotatable bonds is 3. The molecule has 4 nitrogen and oxygen atoms in total. The standard InChI is InChI=1S/C19H21FN2O2/c1-19(2,3)24-18(23)22(4)16-9-7-14(8-10-16)5-6-15-11-12-21-17(20)13-15/h5-13H,1-4H3/b6-5+. The van der Waals surface area contributed by atoms with Crippen LogP contribution < -0.4 is 4.90 Å². The molecule has 0 bridgehead atoms. The maximum atomic E-state index is 13.0. The molecule has 0 saturated heterocycles. The number of anilines is 1. The Morgan fingerprint density at radius 3 is 2.33 bits per heavy atom. The van der Waals surface area contributed by atoms with E-state index in [1.54, 1.807) is 19.2 Å². The summed E-state index contributed by atoms with van der Waals surface area (Å²) in [6, 6.07) is 10.5. The Morgan fingerprint density at radius 1 is 1.12 bits per heavy atom. The van der Waals surface area contributed by atoms with Crippen LogP contribution in [0.4, 0.5) is 14.9 Å². The summed E-state index contributed by atoms with van der Waals surface area (Å²) >= 11 is 0. The van der Waals surface area contributed by atoms with E-state index in [-0.39, 0.29) is 0 Å². The lowest BCUT2D eigenvalue weighted by molar-refractivity contribution is 0.0589. The van der Waals surface area contributed by atoms with Crippen molar-refractivity contribution in [1.29, 1.82) is 0 Å². The van der Waals surface area contributed by atoms with Crippen LogP contribution in [0.1, 0.15) is 31.9 Å². The topological polar surface area (TPSA) is 42.4 Å². The van der Waals surface area contributed by atoms with Crippen LogP contribution in [0.15, 0.2) is 42.6 Å². The van der Waals surface area contributed by atoms with Crippen LogP contribution in [0.25, 0.3) is 12.2 Å². The number of halogens is 1. The normalized spacial score (nSPS) is 11.5. The third-order valence-electron chi connectivity index (χ3n) is 3.17. The van der Waals surface area contributed by atoms with Crippen molar-refractivity contribution in [3.05, 3.63) is 59.7 Å². The average Bonchev–Trinajstić information content (AvgIpc) is 2.51. The Kier molecular flexibility index (Phi) is 5.34. The lowest BCUT2D eigenvalue weighted by atomic mass is 10.1. The quantitative estimate of drug-likeness (QED) is 0.763. The lowest BCUT2D eigenvalue weighted by Crippen LogP contribution is -2.34. The fourth-order valence-corrected chi connectivity index (χ4v) is 1.96. The predicted octanol–water partition coefficient (Wildman–Crippen LogP) is 4.76. The monoisotopic (exact) mass is 328 g/mol. The van der Waals surface area contributed by atoms with Gasteiger partial charge in [-0.2, -0.15) is 4.39 Å². The fraction of sp³-hybridized carbons (Fsp3) is 0.263. The van der Waals surface area contributed by atoms with E-state index in [1.807, 2.05) is 51.1 Å². The molecule has 126 valence electrons. The maximum Gasteiger partial charge on any atom is 0.414 e. The van der Waals surface area contributed by atoms with Crippen LogP contribution >= 0.6 is 0 Å². The molecule has 1 aromatic heterocycles. The number of nitrogens with zero attached hydrogens (tertiary/aromatic N) is 2. The average molecular weight is 328 g/mol. The van der Waals surface area contributed by atoms with Gasteiger partial charge in [0, 0.05) is 25.0 Å². The Hall–Kier alpha value is -2.69. The molecule has 0 N–H and O–H groups in total. The Balaban J connectivity index is 2.06. The zero-order valence-corrected chi connectivity index (χ0v) is 14.3. The first-order chi connectivity index (χ1) is 11.2. The van der Waals surface area contributed by atoms with E-state index in [1.165, 1.54) is 17.2 Å². The van der Waals surface area contributed by atoms with E-state index in [0.29, 0.717) is 0 Å². The van der Waals surface area contributed by atoms with Gasteiger partial charge in [0.15, 0.2) is 0 Å². The van der Waals surface area contributed by atoms with Gasteiger partial charge in [0.2, 0.25) is 5.95 Å². The van der Waals surface area contributed by atoms with E-state index >= 15 is 0 Å². The number of ether oxygens (including phenoxy) is 1. The van der Waals surface area contributed by atoms with Gasteiger partial charge in [-0.1, -0.05) is 24.3 Å². The van der Waals surface area contributed by atoms with Crippen molar-refractivity contribution in [2.45, 2.75) is 26.4 Å². The summed E-state index contributed by atoms with van der Waals surface area (Å²) in [7, 11) is 1.67. The van der Waals surface area contributed by atoms with Gasteiger partial charge in [0.1, 0.15) is 5.60 Å². The van der Waals surface area contributed by atoms with Crippen molar-refractivity contribution < 1.29 is 13.9 Å². The van der Waals surface area contributed by atoms with E-state index in [2.05, 4.69) is 4.98 Å². The lowest BCUT2D eigenvalue weighted by Gasteiger charge is -2.24. The van der Waals surface area contributed by atoms with E-state index in [0.717, 1.165) is 16.8 Å². The number of pyridine rings is 1. The highest BCUT2D eigenvalue weighted by atomic mass is 19.1. The molecule has 5 heteroatoms. The van der Waals surface area contributed by atoms with Crippen molar-refractivity contribution in [1.82, 2.24) is 4.98 Å². The van der Waals surface area contributed by atoms with Crippen molar-refractivity contribution in [2.24, 2.45) is 0 Å². The maximum absolute atomic E-state index is 13.0. The number of hydrogen-bond acceptors (Lipinski definition) is 3. The van der Waals surface area contributed by atoms with Crippen LogP contribution in [-0.4, -0.2) is 23.7 Å². The molecular weight excluding hydrogens is 307 g/mol. The van der Waals surface area contributed by atoms with E-state index in [4.69, 9.17) is 4.74 Å². The summed E-state index contributed by atoms with van der Waals surface area (Å²) in [5.41, 5.74) is 1.87. The molecule has 0 atom stereocenters. The van der Waals surface area contributed by atoms with Gasteiger partial charge in [-0.15, -0.1) is 0 Å². The SMILES string of the molecule is CN(C(=O)OC(C)(C)C)c1ccc(/C=C/c2ccnc(F)c2)cc1. The molecule has 1 aromatic carbocycles. The summed E-state index contributed by atoms with van der Waals surface area (Å²) < 4.78 is 18.4. The largest absolute Gasteiger partial charge is 0.443 e. The number of carbonyl (C=O) groups excluding carboxylic acids is 1. The molecule has 0 fully saturated rings. The second kappa shape index (κ2) is 7.25. The highest BCUT2D eigenvalue weighted by Crippen LogP contribution is 2.18. The molecular formula is C19H21FN2O2. The Labute approximate surface area is 141 Å². The van der Waals surface area contributed by atoms with Gasteiger partial charge in [-0.3, -0.25) is 4.90 Å². The zero-order valence-electron chi connectivity index (χ0n) is 14.3. The van der Waals surface area contributed by atoms with Gasteiger partial charge < -0.3 is 4.74 Å². The molecule has 0 spiro atoms. The molecule has 2 rings (SSSR count). The number of aromatic nitrogens is 1. The molecule has 1 amide bonds. The summed E-state index contributed by atoms with van der Waals surface area (Å²) in [6.07, 6.45) is 4.69. The Bertz CT molecular complexity index is 734. The molecule has 24 heavy (non-hydrogen) atoms. The third kappa shape index (κ3) is 5.19. The summed E-state index contributed by atoms with van der Waals surface area (Å²) in [5.74, 6) is -0.508. The number of carbonyl (C=O) groups is 1. The summed E-state index contributed by atoms with van der Waals surface area (Å²) in [6.45, 7) is 5.48. The van der Waals surface area contributed by atoms with E-state index in [9.17, 15) is 9.18 Å². The molecule has 0 aliphatic heterocycles. The first-order valence-electron chi connectivity index (χ1n) is 7.61. The first kappa shape index (κ1) is 17.7. The molecule has 0 aliphatic rings. The zero-order chi connectivity index (χ0) is 17.7. The van der Waals surface area contributed by atoms with Gasteiger partial charge in [-0.05, 0) is 50.1 Å². The van der Waals surface area contributed by atoms with Crippen molar-refractivity contribution >= 4 is 23.9 Å². The van der Waals surface area contributed by atoms with Crippen LogP contribution in [0.5, 0.6) is 0 Å². The van der Waals surface area contributed by atoms with Gasteiger partial charge in [0.25, 0.3) is 0 Å². The minimum atomic E-state index is -0.534. The first-order valence-corrected chi connectivity index (χ1v) is 7.61. The minimum absolute atomic E-state index is 0.405. The van der Waals surface area contributed by atoms with Crippen LogP contribution in [0, 0.1) is 5.95 Å². The number of hydrogen-bond donors (Lipinski definition) is 0. The molecule has 0 saturated carbocycles. The van der Waals surface area contributed by atoms with Gasteiger partial charge in [-0.25, -0.2) is 9.78 Å². The highest BCUT2D eigenvalue weighted by molar-refractivity contribution is 5.87. The van der Waals surface area contributed by atoms with Crippen molar-refractivity contribution in [3.63, 3.8) is 0 Å². The minimum Gasteiger partial charge on any atom is -0.443 e. The number of amides is 1. The third-order valence-corrected chi connectivity index (χ3v) is 3.17. The summed E-state index contributed by atoms with van der Waals surface area (Å²) in [5, 5.41) is 0. The molecule has 1 heterocycles. The van der Waals surface area contributed by atoms with Crippen molar-refractivity contribution in [2.75, 3.05) is 11.9 Å². The predicted molar refractivity (Wildman–Crippen MR) is 94.2 cm³/mol. The second-order valence-electron chi connectivity index (χ2n) is 6.38. The smallest absolute Gasteiger partial charge is 0.414 e. The molecule has 0 aliphatic carbocycles. The molecule has 0 radical (unpaired) electrons. The van der Waals surface area contributed by atoms with E-state index < -0.39 is 17.6 Å². The molecule has 0 unspecified atom stereocenters. The highest BCUT2D eigenvalue weighted by Gasteiger charge is 2.20. The van der Waals surface area contributed by atoms with Crippen LogP contribution in [-0.2, 0) is 4.74 Å². The van der Waals surface area contributed by atoms with Gasteiger partial charge >= 0.3 is 6.09 Å². The fourth-order valence-electron chi connectivity index (χ4n) is 1.96. The van der Waals surface area contributed by atoms with Crippen LogP contribution in [0.3, 0.4) is 0 Å². The second-order valence-corrected chi connectivity index (χ2v) is 6.38. The summed E-state index contributed by atoms with van der Waals surface area (Å²) in [4.78, 5) is 17.0. The Morgan fingerprint density at radius 2 is 1.75 bits per heavy atom. The number of benzene rings is 1. The van der Waals surface area contributed by atoms with Crippen LogP contribution in [0.2, 0.25) is 0 Å². The van der Waals surface area contributed by atoms with Gasteiger partial charge in [0.05, 0.1) is 0 Å².